The average molecular weight is 140 g/mol. The molecule has 0 N–H and O–H groups in total. The maximum atomic E-state index is 10.2. The molecule has 0 aromatic rings. The highest BCUT2D eigenvalue weighted by molar-refractivity contribution is 5.47. The van der Waals surface area contributed by atoms with E-state index in [1.807, 2.05) is 6.20 Å². The first-order valence-electron chi connectivity index (χ1n) is 3.43. The molecule has 1 rings (SSSR count). The Balaban J connectivity index is 2.30. The summed E-state index contributed by atoms with van der Waals surface area (Å²) in [5, 5.41) is 0. The van der Waals surface area contributed by atoms with Crippen molar-refractivity contribution in [2.75, 3.05) is 26.2 Å². The highest BCUT2D eigenvalue weighted by Crippen LogP contribution is 1.97. The molecular formula is C7H12N2O. The van der Waals surface area contributed by atoms with Gasteiger partial charge in [-0.15, -0.1) is 0 Å². The van der Waals surface area contributed by atoms with Crippen molar-refractivity contribution in [3.05, 3.63) is 12.8 Å². The van der Waals surface area contributed by atoms with Gasteiger partial charge in [-0.25, -0.2) is 0 Å². The number of piperazine rings is 1. The molecule has 0 bridgehead atoms. The smallest absolute Gasteiger partial charge is 0.209 e. The molecule has 0 aromatic carbocycles. The van der Waals surface area contributed by atoms with Crippen LogP contribution in [0, 0.1) is 0 Å². The second-order valence-corrected chi connectivity index (χ2v) is 2.36. The third-order valence-corrected chi connectivity index (χ3v) is 1.76. The molecule has 1 amide bonds. The predicted octanol–water partition coefficient (Wildman–Crippen LogP) is -0.0961. The van der Waals surface area contributed by atoms with Crippen LogP contribution in [0.25, 0.3) is 0 Å². The van der Waals surface area contributed by atoms with Crippen LogP contribution in [0.3, 0.4) is 0 Å². The number of hydrogen-bond donors (Lipinski definition) is 0. The Labute approximate surface area is 60.9 Å². The van der Waals surface area contributed by atoms with E-state index in [2.05, 4.69) is 11.5 Å². The summed E-state index contributed by atoms with van der Waals surface area (Å²) in [6.45, 7) is 7.15. The van der Waals surface area contributed by atoms with E-state index in [0.717, 1.165) is 32.6 Å². The van der Waals surface area contributed by atoms with Crippen LogP contribution in [-0.4, -0.2) is 42.4 Å². The number of amides is 1. The van der Waals surface area contributed by atoms with Crippen LogP contribution < -0.4 is 0 Å². The lowest BCUT2D eigenvalue weighted by Crippen LogP contribution is -2.42. The van der Waals surface area contributed by atoms with Gasteiger partial charge in [-0.2, -0.15) is 0 Å². The number of hydrogen-bond acceptors (Lipinski definition) is 2. The Hall–Kier alpha value is -0.990. The fourth-order valence-corrected chi connectivity index (χ4v) is 1.03. The van der Waals surface area contributed by atoms with Crippen LogP contribution in [0.15, 0.2) is 12.8 Å². The van der Waals surface area contributed by atoms with Crippen LogP contribution >= 0.6 is 0 Å². The summed E-state index contributed by atoms with van der Waals surface area (Å²) in [6.07, 6.45) is 2.72. The van der Waals surface area contributed by atoms with Gasteiger partial charge in [0.05, 0.1) is 0 Å². The van der Waals surface area contributed by atoms with Crippen molar-refractivity contribution in [2.24, 2.45) is 0 Å². The van der Waals surface area contributed by atoms with Gasteiger partial charge in [0.2, 0.25) is 6.41 Å². The fraction of sp³-hybridized carbons (Fsp3) is 0.571. The second kappa shape index (κ2) is 3.25. The van der Waals surface area contributed by atoms with Gasteiger partial charge in [0.15, 0.2) is 0 Å². The van der Waals surface area contributed by atoms with Gasteiger partial charge >= 0.3 is 0 Å². The first kappa shape index (κ1) is 7.12. The molecule has 1 aliphatic heterocycles. The fourth-order valence-electron chi connectivity index (χ4n) is 1.03. The van der Waals surface area contributed by atoms with Crippen molar-refractivity contribution in [3.8, 4) is 0 Å². The lowest BCUT2D eigenvalue weighted by Gasteiger charge is -2.31. The summed E-state index contributed by atoms with van der Waals surface area (Å²) in [5.41, 5.74) is 0. The van der Waals surface area contributed by atoms with E-state index in [0.29, 0.717) is 0 Å². The molecule has 10 heavy (non-hydrogen) atoms. The molecule has 3 heteroatoms. The molecular weight excluding hydrogens is 128 g/mol. The molecule has 0 saturated carbocycles. The number of carbonyl (C=O) groups excluding carboxylic acids is 1. The number of nitrogens with zero attached hydrogens (tertiary/aromatic N) is 2. The maximum Gasteiger partial charge on any atom is 0.209 e. The Morgan fingerprint density at radius 3 is 2.00 bits per heavy atom. The molecule has 56 valence electrons. The van der Waals surface area contributed by atoms with E-state index in [-0.39, 0.29) is 0 Å². The standard InChI is InChI=1S/C7H12N2O/c1-2-8-3-5-9(7-10)6-4-8/h2,7H,1,3-6H2. The van der Waals surface area contributed by atoms with Gasteiger partial charge < -0.3 is 9.80 Å². The van der Waals surface area contributed by atoms with Crippen molar-refractivity contribution in [1.29, 1.82) is 0 Å². The summed E-state index contributed by atoms with van der Waals surface area (Å²) < 4.78 is 0. The van der Waals surface area contributed by atoms with E-state index in [4.69, 9.17) is 0 Å². The maximum absolute atomic E-state index is 10.2. The molecule has 0 aliphatic carbocycles. The molecule has 0 atom stereocenters. The third-order valence-electron chi connectivity index (χ3n) is 1.76. The minimum Gasteiger partial charge on any atom is -0.374 e. The van der Waals surface area contributed by atoms with Crippen LogP contribution in [0.1, 0.15) is 0 Å². The Bertz CT molecular complexity index is 112. The largest absolute Gasteiger partial charge is 0.374 e. The molecule has 1 fully saturated rings. The SMILES string of the molecule is C=CN1CCN(C=O)CC1. The molecule has 1 aliphatic rings. The van der Waals surface area contributed by atoms with Crippen LogP contribution in [0.2, 0.25) is 0 Å². The highest BCUT2D eigenvalue weighted by atomic mass is 16.1. The monoisotopic (exact) mass is 140 g/mol. The molecule has 0 spiro atoms. The summed E-state index contributed by atoms with van der Waals surface area (Å²) in [7, 11) is 0. The molecule has 0 radical (unpaired) electrons. The number of rotatable bonds is 2. The summed E-state index contributed by atoms with van der Waals surface area (Å²) in [6, 6.07) is 0. The first-order valence-corrected chi connectivity index (χ1v) is 3.43. The van der Waals surface area contributed by atoms with Gasteiger partial charge in [-0.1, -0.05) is 6.58 Å². The minimum atomic E-state index is 0.829. The zero-order valence-corrected chi connectivity index (χ0v) is 5.99. The van der Waals surface area contributed by atoms with Crippen molar-refractivity contribution < 1.29 is 4.79 Å². The molecule has 0 unspecified atom stereocenters. The predicted molar refractivity (Wildman–Crippen MR) is 39.4 cm³/mol. The van der Waals surface area contributed by atoms with E-state index < -0.39 is 0 Å². The van der Waals surface area contributed by atoms with Crippen LogP contribution in [0.5, 0.6) is 0 Å². The zero-order chi connectivity index (χ0) is 7.40. The van der Waals surface area contributed by atoms with Crippen LogP contribution in [-0.2, 0) is 4.79 Å². The number of carbonyl (C=O) groups is 1. The van der Waals surface area contributed by atoms with E-state index in [1.165, 1.54) is 0 Å². The van der Waals surface area contributed by atoms with Crippen molar-refractivity contribution >= 4 is 6.41 Å². The Morgan fingerprint density at radius 2 is 1.60 bits per heavy atom. The quantitative estimate of drug-likeness (QED) is 0.500. The van der Waals surface area contributed by atoms with E-state index in [9.17, 15) is 4.79 Å². The topological polar surface area (TPSA) is 23.6 Å². The molecule has 0 aromatic heterocycles. The van der Waals surface area contributed by atoms with Crippen molar-refractivity contribution in [2.45, 2.75) is 0 Å². The van der Waals surface area contributed by atoms with Gasteiger partial charge in [0, 0.05) is 26.2 Å². The van der Waals surface area contributed by atoms with Gasteiger partial charge in [-0.05, 0) is 6.20 Å². The summed E-state index contributed by atoms with van der Waals surface area (Å²) >= 11 is 0. The van der Waals surface area contributed by atoms with Gasteiger partial charge in [-0.3, -0.25) is 4.79 Å². The van der Waals surface area contributed by atoms with Gasteiger partial charge in [0.25, 0.3) is 0 Å². The Kier molecular flexibility index (Phi) is 2.31. The second-order valence-electron chi connectivity index (χ2n) is 2.36. The molecule has 3 nitrogen and oxygen atoms in total. The lowest BCUT2D eigenvalue weighted by atomic mass is 10.3. The van der Waals surface area contributed by atoms with Crippen LogP contribution in [0.4, 0.5) is 0 Å². The molecule has 1 saturated heterocycles. The molecule has 1 heterocycles. The zero-order valence-electron chi connectivity index (χ0n) is 5.99. The highest BCUT2D eigenvalue weighted by Gasteiger charge is 2.10. The van der Waals surface area contributed by atoms with E-state index >= 15 is 0 Å². The minimum absolute atomic E-state index is 0.829. The normalized spacial score (nSPS) is 18.8. The lowest BCUT2D eigenvalue weighted by molar-refractivity contribution is -0.119. The van der Waals surface area contributed by atoms with Crippen molar-refractivity contribution in [3.63, 3.8) is 0 Å². The average Bonchev–Trinajstić information content (AvgIpc) is 2.05. The summed E-state index contributed by atoms with van der Waals surface area (Å²) in [4.78, 5) is 14.1. The van der Waals surface area contributed by atoms with Gasteiger partial charge in [0.1, 0.15) is 0 Å². The Morgan fingerprint density at radius 1 is 1.10 bits per heavy atom. The van der Waals surface area contributed by atoms with Crippen molar-refractivity contribution in [1.82, 2.24) is 9.80 Å². The summed E-state index contributed by atoms with van der Waals surface area (Å²) in [5.74, 6) is 0. The first-order chi connectivity index (χ1) is 4.86. The third kappa shape index (κ3) is 1.50. The van der Waals surface area contributed by atoms with E-state index in [1.54, 1.807) is 4.90 Å².